The minimum absolute atomic E-state index is 0.0107. The van der Waals surface area contributed by atoms with Crippen LogP contribution in [0.3, 0.4) is 0 Å². The highest BCUT2D eigenvalue weighted by molar-refractivity contribution is 6.32. The summed E-state index contributed by atoms with van der Waals surface area (Å²) in [5, 5.41) is 15.5. The Balaban J connectivity index is 1.53. The van der Waals surface area contributed by atoms with Gasteiger partial charge in [-0.15, -0.1) is 0 Å². The Morgan fingerprint density at radius 2 is 1.82 bits per heavy atom. The van der Waals surface area contributed by atoms with Gasteiger partial charge in [0, 0.05) is 29.4 Å². The summed E-state index contributed by atoms with van der Waals surface area (Å²) in [4.78, 5) is 66.4. The molecule has 3 aromatic rings. The molecule has 1 saturated carbocycles. The van der Waals surface area contributed by atoms with Gasteiger partial charge < -0.3 is 34.7 Å². The number of nitrogens with one attached hydrogen (secondary N) is 2. The van der Waals surface area contributed by atoms with Crippen molar-refractivity contribution < 1.29 is 38.1 Å². The third kappa shape index (κ3) is 7.74. The quantitative estimate of drug-likeness (QED) is 0.269. The molecule has 1 saturated heterocycles. The van der Waals surface area contributed by atoms with Crippen LogP contribution in [0.4, 0.5) is 30.3 Å². The molecule has 0 bridgehead atoms. The van der Waals surface area contributed by atoms with Crippen molar-refractivity contribution in [3.8, 4) is 0 Å². The molecule has 50 heavy (non-hydrogen) atoms. The number of ether oxygens (including phenoxy) is 2. The molecule has 0 radical (unpaired) electrons. The van der Waals surface area contributed by atoms with Crippen LogP contribution in [0.15, 0.2) is 25.3 Å². The zero-order valence-corrected chi connectivity index (χ0v) is 29.4. The fourth-order valence-corrected chi connectivity index (χ4v) is 5.81. The molecule has 2 fully saturated rings. The van der Waals surface area contributed by atoms with Crippen molar-refractivity contribution in [1.82, 2.24) is 30.2 Å². The van der Waals surface area contributed by atoms with E-state index < -0.39 is 40.8 Å². The monoisotopic (exact) mass is 714 g/mol. The second-order valence-electron chi connectivity index (χ2n) is 14.3. The minimum Gasteiger partial charge on any atom is -0.464 e. The van der Waals surface area contributed by atoms with Gasteiger partial charge in [0.2, 0.25) is 5.91 Å². The molecule has 268 valence electrons. The van der Waals surface area contributed by atoms with Gasteiger partial charge in [-0.3, -0.25) is 4.79 Å². The SMILES string of the molecule is C=Cc1cc(N2CCC(NC(=O)OC(C)(C)C)(C(=O)NC3CC3)C2)c(Cn2cnc3c(N(C(=O)O)C(=O)OC(C)(C)C)ncnc32)c(Cl)c1F. The minimum atomic E-state index is -1.65. The molecule has 4 amide bonds. The first kappa shape index (κ1) is 36.3. The lowest BCUT2D eigenvalue weighted by Gasteiger charge is -2.32. The normalized spacial score (nSPS) is 17.7. The highest BCUT2D eigenvalue weighted by atomic mass is 35.5. The first-order valence-electron chi connectivity index (χ1n) is 15.9. The Bertz CT molecular complexity index is 1870. The van der Waals surface area contributed by atoms with E-state index in [0.717, 1.165) is 19.2 Å². The molecule has 1 aliphatic heterocycles. The van der Waals surface area contributed by atoms with Crippen molar-refractivity contribution in [2.24, 2.45) is 0 Å². The van der Waals surface area contributed by atoms with Crippen LogP contribution >= 0.6 is 11.6 Å². The molecule has 2 aliphatic rings. The van der Waals surface area contributed by atoms with Gasteiger partial charge in [-0.25, -0.2) is 33.7 Å². The fraction of sp³-hybridized carbons (Fsp3) is 0.485. The fourth-order valence-electron chi connectivity index (χ4n) is 5.54. The summed E-state index contributed by atoms with van der Waals surface area (Å²) in [6.07, 6.45) is 2.02. The molecular formula is C33H40ClFN8O7. The Hall–Kier alpha value is -4.99. The lowest BCUT2D eigenvalue weighted by molar-refractivity contribution is -0.127. The van der Waals surface area contributed by atoms with E-state index in [1.807, 2.05) is 4.90 Å². The van der Waals surface area contributed by atoms with E-state index in [1.54, 1.807) is 47.6 Å². The van der Waals surface area contributed by atoms with E-state index in [-0.39, 0.29) is 71.1 Å². The van der Waals surface area contributed by atoms with Crippen molar-refractivity contribution in [2.75, 3.05) is 22.9 Å². The lowest BCUT2D eigenvalue weighted by Crippen LogP contribution is -2.61. The van der Waals surface area contributed by atoms with Gasteiger partial charge in [0.1, 0.15) is 28.9 Å². The van der Waals surface area contributed by atoms with Crippen LogP contribution in [0.2, 0.25) is 5.02 Å². The number of carboxylic acid groups (broad SMARTS) is 1. The maximum absolute atomic E-state index is 15.6. The zero-order chi connectivity index (χ0) is 36.8. The number of imide groups is 1. The highest BCUT2D eigenvalue weighted by Crippen LogP contribution is 2.38. The van der Waals surface area contributed by atoms with Gasteiger partial charge >= 0.3 is 18.3 Å². The number of imidazole rings is 1. The number of rotatable bonds is 8. The number of carbonyl (C=O) groups is 4. The number of nitrogens with zero attached hydrogens (tertiary/aromatic N) is 6. The van der Waals surface area contributed by atoms with Gasteiger partial charge in [0.05, 0.1) is 24.4 Å². The van der Waals surface area contributed by atoms with Crippen molar-refractivity contribution in [1.29, 1.82) is 0 Å². The number of hydrogen-bond donors (Lipinski definition) is 3. The summed E-state index contributed by atoms with van der Waals surface area (Å²) in [5.74, 6) is -1.43. The first-order valence-corrected chi connectivity index (χ1v) is 16.3. The number of carbonyl (C=O) groups excluding carboxylic acids is 3. The third-order valence-electron chi connectivity index (χ3n) is 7.92. The lowest BCUT2D eigenvalue weighted by atomic mass is 9.97. The second kappa shape index (κ2) is 13.4. The molecule has 1 unspecified atom stereocenters. The molecule has 3 N–H and O–H groups in total. The van der Waals surface area contributed by atoms with Crippen LogP contribution < -0.4 is 20.4 Å². The molecule has 1 aromatic carbocycles. The van der Waals surface area contributed by atoms with Gasteiger partial charge in [-0.2, -0.15) is 4.90 Å². The number of anilines is 2. The molecular weight excluding hydrogens is 675 g/mol. The van der Waals surface area contributed by atoms with Crippen LogP contribution in [-0.2, 0) is 20.8 Å². The Kier molecular flexibility index (Phi) is 9.71. The maximum Gasteiger partial charge on any atom is 0.425 e. The van der Waals surface area contributed by atoms with E-state index in [2.05, 4.69) is 32.2 Å². The number of fused-ring (bicyclic) bond motifs is 1. The Morgan fingerprint density at radius 1 is 1.14 bits per heavy atom. The number of amides is 4. The van der Waals surface area contributed by atoms with Crippen molar-refractivity contribution in [3.05, 3.63) is 47.3 Å². The molecule has 1 atom stereocenters. The third-order valence-corrected chi connectivity index (χ3v) is 8.31. The second-order valence-corrected chi connectivity index (χ2v) is 14.6. The van der Waals surface area contributed by atoms with E-state index in [0.29, 0.717) is 10.6 Å². The van der Waals surface area contributed by atoms with Crippen LogP contribution in [0.5, 0.6) is 0 Å². The summed E-state index contributed by atoms with van der Waals surface area (Å²) in [6, 6.07) is 1.57. The highest BCUT2D eigenvalue weighted by Gasteiger charge is 2.48. The van der Waals surface area contributed by atoms with Crippen LogP contribution in [0.25, 0.3) is 17.2 Å². The smallest absolute Gasteiger partial charge is 0.425 e. The zero-order valence-electron chi connectivity index (χ0n) is 28.7. The summed E-state index contributed by atoms with van der Waals surface area (Å²) in [6.45, 7) is 13.8. The molecule has 0 spiro atoms. The Morgan fingerprint density at radius 3 is 2.42 bits per heavy atom. The summed E-state index contributed by atoms with van der Waals surface area (Å²) < 4.78 is 27.8. The van der Waals surface area contributed by atoms with E-state index in [9.17, 15) is 24.3 Å². The summed E-state index contributed by atoms with van der Waals surface area (Å²) in [7, 11) is 0. The number of hydrogen-bond acceptors (Lipinski definition) is 10. The molecule has 5 rings (SSSR count). The number of halogens is 2. The predicted octanol–water partition coefficient (Wildman–Crippen LogP) is 5.48. The average molecular weight is 715 g/mol. The Labute approximate surface area is 292 Å². The van der Waals surface area contributed by atoms with E-state index >= 15 is 4.39 Å². The number of alkyl carbamates (subject to hydrolysis) is 1. The van der Waals surface area contributed by atoms with Crippen LogP contribution in [-0.4, -0.2) is 84.7 Å². The molecule has 1 aliphatic carbocycles. The largest absolute Gasteiger partial charge is 0.464 e. The molecule has 2 aromatic heterocycles. The molecule has 17 heteroatoms. The number of aromatic nitrogens is 4. The van der Waals surface area contributed by atoms with E-state index in [1.165, 1.54) is 17.0 Å². The topological polar surface area (TPSA) is 181 Å². The molecule has 15 nitrogen and oxygen atoms in total. The van der Waals surface area contributed by atoms with Crippen molar-refractivity contribution >= 4 is 64.5 Å². The van der Waals surface area contributed by atoms with Gasteiger partial charge in [0.15, 0.2) is 17.0 Å². The molecule has 3 heterocycles. The van der Waals surface area contributed by atoms with Gasteiger partial charge in [-0.1, -0.05) is 24.3 Å². The van der Waals surface area contributed by atoms with Gasteiger partial charge in [-0.05, 0) is 66.9 Å². The van der Waals surface area contributed by atoms with Gasteiger partial charge in [0.25, 0.3) is 0 Å². The first-order chi connectivity index (χ1) is 23.3. The van der Waals surface area contributed by atoms with Crippen LogP contribution in [0, 0.1) is 5.82 Å². The standard InChI is InChI=1S/C33H40ClFN8O7/c1-8-18-13-21(41-12-11-33(15-41,27(44)39-19-9-10-19)40-28(45)49-31(2,3)4)20(22(34)23(18)35)14-42-17-38-24-25(42)36-16-37-26(24)43(29(46)47)30(48)50-32(5,6)7/h8,13,16-17,19H,1,9-12,14-15H2,2-7H3,(H,39,44)(H,40,45)(H,46,47). The van der Waals surface area contributed by atoms with Crippen molar-refractivity contribution in [2.45, 2.75) is 90.1 Å². The average Bonchev–Trinajstić information content (AvgIpc) is 3.55. The van der Waals surface area contributed by atoms with Crippen molar-refractivity contribution in [3.63, 3.8) is 0 Å². The number of benzene rings is 1. The maximum atomic E-state index is 15.6. The van der Waals surface area contributed by atoms with E-state index in [4.69, 9.17) is 21.1 Å². The van der Waals surface area contributed by atoms with Crippen LogP contribution in [0.1, 0.15) is 71.9 Å². The summed E-state index contributed by atoms with van der Waals surface area (Å²) in [5.41, 5.74) is -2.25. The summed E-state index contributed by atoms with van der Waals surface area (Å²) >= 11 is 6.69. The predicted molar refractivity (Wildman–Crippen MR) is 183 cm³/mol.